The molecule has 0 aliphatic carbocycles. The van der Waals surface area contributed by atoms with Crippen molar-refractivity contribution in [1.29, 1.82) is 0 Å². The van der Waals surface area contributed by atoms with E-state index in [0.29, 0.717) is 11.3 Å². The van der Waals surface area contributed by atoms with Crippen molar-refractivity contribution in [2.75, 3.05) is 45.7 Å². The summed E-state index contributed by atoms with van der Waals surface area (Å²) in [7, 11) is 3.17. The third kappa shape index (κ3) is 7.99. The van der Waals surface area contributed by atoms with Crippen molar-refractivity contribution in [3.63, 3.8) is 0 Å². The summed E-state index contributed by atoms with van der Waals surface area (Å²) in [5, 5.41) is 11.3. The Bertz CT molecular complexity index is 591. The summed E-state index contributed by atoms with van der Waals surface area (Å²) in [5.74, 6) is -0.880. The van der Waals surface area contributed by atoms with Crippen LogP contribution < -0.4 is 5.32 Å². The zero-order valence-corrected chi connectivity index (χ0v) is 14.1. The molecule has 0 bridgehead atoms. The van der Waals surface area contributed by atoms with Crippen LogP contribution in [-0.4, -0.2) is 73.2 Å². The molecular formula is C16H22F3N3O3. The molecule has 0 aliphatic rings. The van der Waals surface area contributed by atoms with E-state index in [1.54, 1.807) is 32.3 Å². The maximum atomic E-state index is 12.5. The van der Waals surface area contributed by atoms with Crippen LogP contribution >= 0.6 is 0 Å². The number of hydrogen-bond acceptors (Lipinski definition) is 4. The van der Waals surface area contributed by atoms with Crippen molar-refractivity contribution in [2.45, 2.75) is 12.6 Å². The number of halogens is 3. The van der Waals surface area contributed by atoms with Gasteiger partial charge < -0.3 is 15.3 Å². The van der Waals surface area contributed by atoms with Gasteiger partial charge in [0.2, 0.25) is 5.91 Å². The van der Waals surface area contributed by atoms with Gasteiger partial charge in [-0.2, -0.15) is 13.2 Å². The van der Waals surface area contributed by atoms with E-state index in [0.717, 1.165) is 4.90 Å². The van der Waals surface area contributed by atoms with Crippen molar-refractivity contribution in [3.05, 3.63) is 29.8 Å². The molecule has 0 aromatic heterocycles. The molecule has 9 heteroatoms. The predicted molar refractivity (Wildman–Crippen MR) is 87.3 cm³/mol. The summed E-state index contributed by atoms with van der Waals surface area (Å²) in [6, 6.07) is 6.16. The first-order valence-corrected chi connectivity index (χ1v) is 7.64. The van der Waals surface area contributed by atoms with Crippen molar-refractivity contribution >= 4 is 17.5 Å². The van der Waals surface area contributed by atoms with Gasteiger partial charge >= 0.3 is 6.18 Å². The smallest absolute Gasteiger partial charge is 0.396 e. The average molecular weight is 361 g/mol. The summed E-state index contributed by atoms with van der Waals surface area (Å²) in [6.07, 6.45) is -4.30. The van der Waals surface area contributed by atoms with Gasteiger partial charge in [0.1, 0.15) is 0 Å². The standard InChI is InChI=1S/C16H22F3N3O3/c1-21(2)15(25)12-5-3-6-13(9-12)20-14(24)10-22(7-4-8-23)11-16(17,18)19/h3,5-6,9,23H,4,7-8,10-11H2,1-2H3,(H,20,24). The molecule has 25 heavy (non-hydrogen) atoms. The number of aliphatic hydroxyl groups is 1. The molecule has 1 aromatic carbocycles. The van der Waals surface area contributed by atoms with E-state index in [2.05, 4.69) is 5.32 Å². The van der Waals surface area contributed by atoms with Crippen LogP contribution in [0.4, 0.5) is 18.9 Å². The van der Waals surface area contributed by atoms with Crippen molar-refractivity contribution in [2.24, 2.45) is 0 Å². The minimum absolute atomic E-state index is 0.0530. The van der Waals surface area contributed by atoms with Gasteiger partial charge in [0.15, 0.2) is 0 Å². The average Bonchev–Trinajstić information content (AvgIpc) is 2.50. The fourth-order valence-corrected chi connectivity index (χ4v) is 2.15. The lowest BCUT2D eigenvalue weighted by atomic mass is 10.2. The summed E-state index contributed by atoms with van der Waals surface area (Å²) in [4.78, 5) is 26.2. The molecule has 2 N–H and O–H groups in total. The summed E-state index contributed by atoms with van der Waals surface area (Å²) in [5.41, 5.74) is 0.682. The lowest BCUT2D eigenvalue weighted by Crippen LogP contribution is -2.40. The minimum Gasteiger partial charge on any atom is -0.396 e. The van der Waals surface area contributed by atoms with Crippen LogP contribution in [0.15, 0.2) is 24.3 Å². The number of rotatable bonds is 8. The Morgan fingerprint density at radius 3 is 2.48 bits per heavy atom. The van der Waals surface area contributed by atoms with Gasteiger partial charge in [-0.25, -0.2) is 0 Å². The van der Waals surface area contributed by atoms with Gasteiger partial charge in [-0.3, -0.25) is 14.5 Å². The van der Waals surface area contributed by atoms with Crippen LogP contribution in [0.25, 0.3) is 0 Å². The van der Waals surface area contributed by atoms with E-state index < -0.39 is 25.2 Å². The molecule has 0 fully saturated rings. The van der Waals surface area contributed by atoms with Crippen molar-refractivity contribution in [1.82, 2.24) is 9.80 Å². The zero-order chi connectivity index (χ0) is 19.0. The van der Waals surface area contributed by atoms with E-state index in [9.17, 15) is 22.8 Å². The van der Waals surface area contributed by atoms with E-state index in [4.69, 9.17) is 5.11 Å². The first-order chi connectivity index (χ1) is 11.6. The maximum Gasteiger partial charge on any atom is 0.401 e. The van der Waals surface area contributed by atoms with Crippen LogP contribution in [-0.2, 0) is 4.79 Å². The number of carbonyl (C=O) groups excluding carboxylic acids is 2. The topological polar surface area (TPSA) is 72.9 Å². The molecule has 1 aromatic rings. The predicted octanol–water partition coefficient (Wildman–Crippen LogP) is 1.57. The highest BCUT2D eigenvalue weighted by Crippen LogP contribution is 2.17. The zero-order valence-electron chi connectivity index (χ0n) is 14.1. The van der Waals surface area contributed by atoms with E-state index in [1.807, 2.05) is 0 Å². The highest BCUT2D eigenvalue weighted by atomic mass is 19.4. The Hall–Kier alpha value is -2.13. The van der Waals surface area contributed by atoms with Crippen LogP contribution in [0.1, 0.15) is 16.8 Å². The van der Waals surface area contributed by atoms with E-state index >= 15 is 0 Å². The second-order valence-corrected chi connectivity index (χ2v) is 5.73. The van der Waals surface area contributed by atoms with Gasteiger partial charge in [0.05, 0.1) is 13.1 Å². The summed E-state index contributed by atoms with van der Waals surface area (Å²) < 4.78 is 37.6. The third-order valence-corrected chi connectivity index (χ3v) is 3.20. The molecule has 0 spiro atoms. The number of nitrogens with one attached hydrogen (secondary N) is 1. The second-order valence-electron chi connectivity index (χ2n) is 5.73. The Balaban J connectivity index is 2.73. The quantitative estimate of drug-likeness (QED) is 0.737. The van der Waals surface area contributed by atoms with E-state index in [-0.39, 0.29) is 25.5 Å². The monoisotopic (exact) mass is 361 g/mol. The fourth-order valence-electron chi connectivity index (χ4n) is 2.15. The molecule has 1 rings (SSSR count). The highest BCUT2D eigenvalue weighted by Gasteiger charge is 2.31. The number of aliphatic hydroxyl groups excluding tert-OH is 1. The number of carbonyl (C=O) groups is 2. The number of benzene rings is 1. The van der Waals surface area contributed by atoms with Gasteiger partial charge in [0, 0.05) is 38.5 Å². The number of hydrogen-bond donors (Lipinski definition) is 2. The normalized spacial score (nSPS) is 11.5. The molecule has 0 saturated carbocycles. The SMILES string of the molecule is CN(C)C(=O)c1cccc(NC(=O)CN(CCCO)CC(F)(F)F)c1. The molecule has 0 atom stereocenters. The Kier molecular flexibility index (Phi) is 7.85. The first-order valence-electron chi connectivity index (χ1n) is 7.64. The first kappa shape index (κ1) is 20.9. The summed E-state index contributed by atoms with van der Waals surface area (Å²) in [6.45, 7) is -2.02. The van der Waals surface area contributed by atoms with Crippen molar-refractivity contribution in [3.8, 4) is 0 Å². The lowest BCUT2D eigenvalue weighted by Gasteiger charge is -2.22. The second kappa shape index (κ2) is 9.38. The Labute approximate surface area is 144 Å². The molecular weight excluding hydrogens is 339 g/mol. The molecule has 0 aliphatic heterocycles. The number of amides is 2. The molecule has 0 saturated heterocycles. The lowest BCUT2D eigenvalue weighted by molar-refractivity contribution is -0.148. The molecule has 2 amide bonds. The van der Waals surface area contributed by atoms with Gasteiger partial charge in [-0.1, -0.05) is 6.07 Å². The van der Waals surface area contributed by atoms with Gasteiger partial charge in [-0.05, 0) is 24.6 Å². The third-order valence-electron chi connectivity index (χ3n) is 3.20. The van der Waals surface area contributed by atoms with Gasteiger partial charge in [-0.15, -0.1) is 0 Å². The Morgan fingerprint density at radius 2 is 1.92 bits per heavy atom. The van der Waals surface area contributed by atoms with Gasteiger partial charge in [0.25, 0.3) is 5.91 Å². The number of nitrogens with zero attached hydrogens (tertiary/aromatic N) is 2. The summed E-state index contributed by atoms with van der Waals surface area (Å²) >= 11 is 0. The van der Waals surface area contributed by atoms with Crippen molar-refractivity contribution < 1.29 is 27.9 Å². The van der Waals surface area contributed by atoms with Crippen LogP contribution in [0.5, 0.6) is 0 Å². The Morgan fingerprint density at radius 1 is 1.24 bits per heavy atom. The highest BCUT2D eigenvalue weighted by molar-refractivity contribution is 5.97. The number of alkyl halides is 3. The largest absolute Gasteiger partial charge is 0.401 e. The fraction of sp³-hybridized carbons (Fsp3) is 0.500. The van der Waals surface area contributed by atoms with E-state index in [1.165, 1.54) is 11.0 Å². The molecule has 6 nitrogen and oxygen atoms in total. The van der Waals surface area contributed by atoms with Crippen LogP contribution in [0.3, 0.4) is 0 Å². The molecule has 0 heterocycles. The molecule has 140 valence electrons. The van der Waals surface area contributed by atoms with Crippen LogP contribution in [0, 0.1) is 0 Å². The minimum atomic E-state index is -4.44. The number of anilines is 1. The van der Waals surface area contributed by atoms with Crippen LogP contribution in [0.2, 0.25) is 0 Å². The molecule has 0 radical (unpaired) electrons. The molecule has 0 unspecified atom stereocenters. The maximum absolute atomic E-state index is 12.5.